The van der Waals surface area contributed by atoms with E-state index >= 15 is 0 Å². The highest BCUT2D eigenvalue weighted by molar-refractivity contribution is 9.10. The number of fused-ring (bicyclic) bond motifs is 1. The third kappa shape index (κ3) is 3.91. The maximum absolute atomic E-state index is 13.6. The normalized spacial score (nSPS) is 19.9. The molecule has 0 unspecified atom stereocenters. The summed E-state index contributed by atoms with van der Waals surface area (Å²) in [6, 6.07) is 21.4. The number of benzene rings is 3. The monoisotopic (exact) mass is 508 g/mol. The number of allylic oxidation sites excluding steroid dienone is 1. The molecule has 0 spiro atoms. The first-order valence-electron chi connectivity index (χ1n) is 10.5. The number of nitrogens with one attached hydrogen (secondary N) is 2. The Morgan fingerprint density at radius 2 is 1.75 bits per heavy atom. The summed E-state index contributed by atoms with van der Waals surface area (Å²) in [5, 5.41) is 7.88. The number of rotatable bonds is 3. The van der Waals surface area contributed by atoms with E-state index in [4.69, 9.17) is 16.3 Å². The molecule has 2 N–H and O–H groups in total. The zero-order valence-corrected chi connectivity index (χ0v) is 19.8. The van der Waals surface area contributed by atoms with Gasteiger partial charge in [0.25, 0.3) is 0 Å². The number of carbonyl (C=O) groups excluding carboxylic acids is 1. The fraction of sp³-hybridized carbons (Fsp3) is 0.192. The lowest BCUT2D eigenvalue weighted by molar-refractivity contribution is -0.116. The van der Waals surface area contributed by atoms with E-state index in [1.807, 2.05) is 66.7 Å². The highest BCUT2D eigenvalue weighted by atomic mass is 79.9. The van der Waals surface area contributed by atoms with Crippen LogP contribution in [0, 0.1) is 0 Å². The quantitative estimate of drug-likeness (QED) is 0.396. The van der Waals surface area contributed by atoms with Gasteiger partial charge in [-0.15, -0.1) is 0 Å². The molecule has 0 saturated heterocycles. The number of methoxy groups -OCH3 is 1. The molecule has 3 aromatic carbocycles. The number of anilines is 2. The number of ether oxygens (including phenoxy) is 1. The second kappa shape index (κ2) is 8.64. The molecule has 1 heterocycles. The average molecular weight is 510 g/mol. The zero-order valence-electron chi connectivity index (χ0n) is 17.5. The van der Waals surface area contributed by atoms with Gasteiger partial charge in [-0.1, -0.05) is 51.8 Å². The van der Waals surface area contributed by atoms with Crippen LogP contribution in [0.15, 0.2) is 82.5 Å². The van der Waals surface area contributed by atoms with E-state index in [9.17, 15) is 4.79 Å². The zero-order chi connectivity index (χ0) is 22.2. The van der Waals surface area contributed by atoms with Gasteiger partial charge in [-0.2, -0.15) is 0 Å². The van der Waals surface area contributed by atoms with Crippen molar-refractivity contribution in [3.8, 4) is 5.75 Å². The summed E-state index contributed by atoms with van der Waals surface area (Å²) < 4.78 is 6.61. The summed E-state index contributed by atoms with van der Waals surface area (Å²) in [5.74, 6) is 0.969. The standard InChI is InChI=1S/C26H22BrClN2O2/c1-32-24-11-8-17(27)14-19(24)26-25-22(29-20-4-2-3-5-21(20)30-26)12-16(13-23(25)31)15-6-9-18(28)10-7-15/h2-11,14,16,26,29-30H,12-13H2,1H3/t16-,26-/m0/s1. The Hall–Kier alpha value is -2.76. The van der Waals surface area contributed by atoms with Crippen LogP contribution in [0.4, 0.5) is 11.4 Å². The van der Waals surface area contributed by atoms with Crippen LogP contribution >= 0.6 is 27.5 Å². The largest absolute Gasteiger partial charge is 0.496 e. The van der Waals surface area contributed by atoms with Crippen LogP contribution in [0.25, 0.3) is 0 Å². The van der Waals surface area contributed by atoms with Crippen molar-refractivity contribution in [3.63, 3.8) is 0 Å². The van der Waals surface area contributed by atoms with Gasteiger partial charge in [0.1, 0.15) is 5.75 Å². The SMILES string of the molecule is COc1ccc(Br)cc1[C@@H]1Nc2ccccc2NC2=C1C(=O)C[C@@H](c1ccc(Cl)cc1)C2. The maximum atomic E-state index is 13.6. The number of para-hydroxylation sites is 2. The van der Waals surface area contributed by atoms with Crippen LogP contribution in [0.5, 0.6) is 5.75 Å². The Bertz CT molecular complexity index is 1220. The third-order valence-corrected chi connectivity index (χ3v) is 6.90. The van der Waals surface area contributed by atoms with E-state index in [0.29, 0.717) is 11.4 Å². The second-order valence-electron chi connectivity index (χ2n) is 8.11. The van der Waals surface area contributed by atoms with Crippen molar-refractivity contribution in [2.24, 2.45) is 0 Å². The van der Waals surface area contributed by atoms with Crippen molar-refractivity contribution < 1.29 is 9.53 Å². The minimum atomic E-state index is -0.327. The van der Waals surface area contributed by atoms with Gasteiger partial charge < -0.3 is 15.4 Å². The molecule has 0 fully saturated rings. The molecule has 0 radical (unpaired) electrons. The fourth-order valence-corrected chi connectivity index (χ4v) is 5.13. The molecular formula is C26H22BrClN2O2. The van der Waals surface area contributed by atoms with Gasteiger partial charge >= 0.3 is 0 Å². The van der Waals surface area contributed by atoms with Crippen LogP contribution in [-0.4, -0.2) is 12.9 Å². The molecule has 32 heavy (non-hydrogen) atoms. The van der Waals surface area contributed by atoms with Gasteiger partial charge in [0.15, 0.2) is 5.78 Å². The summed E-state index contributed by atoms with van der Waals surface area (Å²) in [6.07, 6.45) is 1.19. The lowest BCUT2D eigenvalue weighted by Gasteiger charge is -2.30. The smallest absolute Gasteiger partial charge is 0.163 e. The number of carbonyl (C=O) groups is 1. The van der Waals surface area contributed by atoms with Crippen LogP contribution in [0.3, 0.4) is 0 Å². The lowest BCUT2D eigenvalue weighted by atomic mass is 9.78. The van der Waals surface area contributed by atoms with E-state index in [-0.39, 0.29) is 17.7 Å². The Labute approximate surface area is 200 Å². The number of Topliss-reactive ketones (excluding diaryl/α,β-unsaturated/α-hetero) is 1. The maximum Gasteiger partial charge on any atom is 0.163 e. The van der Waals surface area contributed by atoms with Crippen molar-refractivity contribution in [2.45, 2.75) is 24.8 Å². The second-order valence-corrected chi connectivity index (χ2v) is 9.46. The van der Waals surface area contributed by atoms with Crippen molar-refractivity contribution >= 4 is 44.7 Å². The van der Waals surface area contributed by atoms with Gasteiger partial charge in [-0.05, 0) is 60.4 Å². The molecule has 4 nitrogen and oxygen atoms in total. The minimum Gasteiger partial charge on any atom is -0.496 e. The first-order valence-corrected chi connectivity index (χ1v) is 11.7. The van der Waals surface area contributed by atoms with Crippen molar-refractivity contribution in [2.75, 3.05) is 17.7 Å². The molecule has 0 amide bonds. The number of hydrogen-bond donors (Lipinski definition) is 2. The Morgan fingerprint density at radius 1 is 1.00 bits per heavy atom. The lowest BCUT2D eigenvalue weighted by Crippen LogP contribution is -2.27. The number of ketones is 1. The van der Waals surface area contributed by atoms with E-state index in [1.165, 1.54) is 0 Å². The van der Waals surface area contributed by atoms with E-state index < -0.39 is 0 Å². The first kappa shape index (κ1) is 21.1. The third-order valence-electron chi connectivity index (χ3n) is 6.15. The molecule has 2 aliphatic rings. The van der Waals surface area contributed by atoms with Crippen LogP contribution in [0.1, 0.15) is 35.9 Å². The molecule has 2 atom stereocenters. The van der Waals surface area contributed by atoms with Crippen LogP contribution < -0.4 is 15.4 Å². The predicted molar refractivity (Wildman–Crippen MR) is 133 cm³/mol. The van der Waals surface area contributed by atoms with E-state index in [0.717, 1.165) is 50.4 Å². The van der Waals surface area contributed by atoms with Crippen molar-refractivity contribution in [1.82, 2.24) is 0 Å². The summed E-state index contributed by atoms with van der Waals surface area (Å²) in [6.45, 7) is 0. The van der Waals surface area contributed by atoms with Gasteiger partial charge in [-0.3, -0.25) is 4.79 Å². The van der Waals surface area contributed by atoms with Gasteiger partial charge in [-0.25, -0.2) is 0 Å². The molecule has 1 aliphatic carbocycles. The van der Waals surface area contributed by atoms with Gasteiger partial charge in [0, 0.05) is 32.7 Å². The molecule has 0 saturated carbocycles. The fourth-order valence-electron chi connectivity index (χ4n) is 4.63. The topological polar surface area (TPSA) is 50.4 Å². The molecule has 6 heteroatoms. The first-order chi connectivity index (χ1) is 15.5. The minimum absolute atomic E-state index is 0.0985. The number of hydrogen-bond acceptors (Lipinski definition) is 4. The molecule has 3 aromatic rings. The molecule has 5 rings (SSSR count). The summed E-state index contributed by atoms with van der Waals surface area (Å²) in [4.78, 5) is 13.6. The Morgan fingerprint density at radius 3 is 2.50 bits per heavy atom. The average Bonchev–Trinajstić information content (AvgIpc) is 2.96. The summed E-state index contributed by atoms with van der Waals surface area (Å²) in [7, 11) is 1.66. The molecule has 0 bridgehead atoms. The van der Waals surface area contributed by atoms with Crippen molar-refractivity contribution in [3.05, 3.63) is 98.6 Å². The van der Waals surface area contributed by atoms with Crippen LogP contribution in [-0.2, 0) is 4.79 Å². The molecule has 1 aliphatic heterocycles. The number of halogens is 2. The molecule has 0 aromatic heterocycles. The summed E-state index contributed by atoms with van der Waals surface area (Å²) >= 11 is 9.67. The molecule has 162 valence electrons. The predicted octanol–water partition coefficient (Wildman–Crippen LogP) is 7.09. The van der Waals surface area contributed by atoms with E-state index in [1.54, 1.807) is 7.11 Å². The van der Waals surface area contributed by atoms with Crippen molar-refractivity contribution in [1.29, 1.82) is 0 Å². The van der Waals surface area contributed by atoms with Crippen LogP contribution in [0.2, 0.25) is 5.02 Å². The Balaban J connectivity index is 1.64. The van der Waals surface area contributed by atoms with Gasteiger partial charge in [0.05, 0.1) is 24.5 Å². The summed E-state index contributed by atoms with van der Waals surface area (Å²) in [5.41, 5.74) is 5.67. The Kier molecular flexibility index (Phi) is 5.70. The highest BCUT2D eigenvalue weighted by Crippen LogP contribution is 2.46. The highest BCUT2D eigenvalue weighted by Gasteiger charge is 2.37. The van der Waals surface area contributed by atoms with E-state index in [2.05, 4.69) is 26.6 Å². The molecular weight excluding hydrogens is 488 g/mol. The van der Waals surface area contributed by atoms with Gasteiger partial charge in [0.2, 0.25) is 0 Å².